The maximum absolute atomic E-state index is 5.73. The Morgan fingerprint density at radius 2 is 2.04 bits per heavy atom. The van der Waals surface area contributed by atoms with Crippen molar-refractivity contribution in [3.05, 3.63) is 77.8 Å². The minimum Gasteiger partial charge on any atom is -0.374 e. The van der Waals surface area contributed by atoms with Crippen LogP contribution in [0.1, 0.15) is 16.8 Å². The zero-order valence-corrected chi connectivity index (χ0v) is 14.5. The molecule has 0 saturated heterocycles. The maximum Gasteiger partial charge on any atom is 0.203 e. The molecule has 1 aliphatic carbocycles. The van der Waals surface area contributed by atoms with Gasteiger partial charge in [0.05, 0.1) is 5.69 Å². The van der Waals surface area contributed by atoms with E-state index in [1.807, 2.05) is 30.5 Å². The maximum atomic E-state index is 5.73. The Bertz CT molecular complexity index is 1130. The molecular weight excluding hydrogens is 344 g/mol. The minimum absolute atomic E-state index is 0.477. The highest BCUT2D eigenvalue weighted by Crippen LogP contribution is 2.36. The van der Waals surface area contributed by atoms with E-state index < -0.39 is 0 Å². The van der Waals surface area contributed by atoms with Gasteiger partial charge in [-0.3, -0.25) is 0 Å². The molecule has 0 atom stereocenters. The second-order valence-corrected chi connectivity index (χ2v) is 6.98. The van der Waals surface area contributed by atoms with Crippen LogP contribution in [-0.4, -0.2) is 25.0 Å². The van der Waals surface area contributed by atoms with Crippen LogP contribution in [0.5, 0.6) is 0 Å². The zero-order valence-electron chi connectivity index (χ0n) is 13.7. The van der Waals surface area contributed by atoms with Crippen molar-refractivity contribution in [2.75, 3.05) is 5.73 Å². The summed E-state index contributed by atoms with van der Waals surface area (Å²) in [4.78, 5) is 4.79. The number of aromatic nitrogens is 5. The van der Waals surface area contributed by atoms with Crippen LogP contribution in [0.25, 0.3) is 22.0 Å². The molecule has 6 nitrogen and oxygen atoms in total. The lowest BCUT2D eigenvalue weighted by molar-refractivity contribution is 0.845. The highest BCUT2D eigenvalue weighted by molar-refractivity contribution is 7.18. The summed E-state index contributed by atoms with van der Waals surface area (Å²) in [6.07, 6.45) is 6.76. The van der Waals surface area contributed by atoms with Crippen molar-refractivity contribution in [1.29, 1.82) is 0 Å². The number of benzene rings is 1. The number of hydrogen-bond donors (Lipinski definition) is 1. The lowest BCUT2D eigenvalue weighted by Crippen LogP contribution is -2.00. The molecule has 3 aromatic heterocycles. The average Bonchev–Trinajstić information content (AvgIpc) is 3.42. The number of fused-ring (bicyclic) bond motifs is 1. The predicted molar refractivity (Wildman–Crippen MR) is 102 cm³/mol. The van der Waals surface area contributed by atoms with E-state index in [1.54, 1.807) is 10.9 Å². The van der Waals surface area contributed by atoms with Gasteiger partial charge in [0.15, 0.2) is 5.82 Å². The van der Waals surface area contributed by atoms with E-state index in [0.29, 0.717) is 5.13 Å². The molecule has 1 aliphatic rings. The van der Waals surface area contributed by atoms with Crippen LogP contribution < -0.4 is 5.73 Å². The van der Waals surface area contributed by atoms with Crippen LogP contribution in [-0.2, 0) is 6.42 Å². The van der Waals surface area contributed by atoms with Gasteiger partial charge in [-0.25, -0.2) is 9.67 Å². The number of pyridine rings is 1. The standard InChI is InChI=1S/C19H14N6S/c20-19-24-23-18(26-19)13-6-5-12-7-8-14(15(12)11-13)16-3-1-4-17(22-16)25-10-2-9-21-25/h1-6,8-11H,7H2,(H2,20,24). The molecule has 0 aliphatic heterocycles. The lowest BCUT2D eigenvalue weighted by Gasteiger charge is -2.09. The quantitative estimate of drug-likeness (QED) is 0.607. The third-order valence-electron chi connectivity index (χ3n) is 4.36. The first-order chi connectivity index (χ1) is 12.8. The van der Waals surface area contributed by atoms with Crippen LogP contribution in [0.4, 0.5) is 5.13 Å². The van der Waals surface area contributed by atoms with E-state index in [2.05, 4.69) is 39.6 Å². The molecule has 0 radical (unpaired) electrons. The third-order valence-corrected chi connectivity index (χ3v) is 5.16. The summed E-state index contributed by atoms with van der Waals surface area (Å²) in [5, 5.41) is 13.6. The van der Waals surface area contributed by atoms with Gasteiger partial charge in [-0.1, -0.05) is 35.6 Å². The van der Waals surface area contributed by atoms with Crippen molar-refractivity contribution in [1.82, 2.24) is 25.0 Å². The summed E-state index contributed by atoms with van der Waals surface area (Å²) < 4.78 is 1.76. The number of nitrogens with two attached hydrogens (primary N) is 1. The second kappa shape index (κ2) is 5.89. The molecule has 1 aromatic carbocycles. The van der Waals surface area contributed by atoms with Gasteiger partial charge in [-0.15, -0.1) is 10.2 Å². The molecule has 0 bridgehead atoms. The van der Waals surface area contributed by atoms with E-state index in [1.165, 1.54) is 22.5 Å². The minimum atomic E-state index is 0.477. The number of allylic oxidation sites excluding steroid dienone is 1. The Hall–Kier alpha value is -3.32. The Kier molecular flexibility index (Phi) is 3.39. The van der Waals surface area contributed by atoms with Gasteiger partial charge in [0, 0.05) is 23.5 Å². The highest BCUT2D eigenvalue weighted by atomic mass is 32.1. The normalized spacial score (nSPS) is 12.8. The Morgan fingerprint density at radius 3 is 2.85 bits per heavy atom. The van der Waals surface area contributed by atoms with E-state index in [-0.39, 0.29) is 0 Å². The second-order valence-electron chi connectivity index (χ2n) is 5.97. The molecule has 4 aromatic rings. The van der Waals surface area contributed by atoms with Crippen molar-refractivity contribution >= 4 is 22.0 Å². The molecule has 0 fully saturated rings. The molecule has 126 valence electrons. The molecule has 0 unspecified atom stereocenters. The van der Waals surface area contributed by atoms with Crippen molar-refractivity contribution < 1.29 is 0 Å². The van der Waals surface area contributed by atoms with Gasteiger partial charge < -0.3 is 5.73 Å². The number of rotatable bonds is 3. The largest absolute Gasteiger partial charge is 0.374 e. The van der Waals surface area contributed by atoms with E-state index in [4.69, 9.17) is 10.7 Å². The van der Waals surface area contributed by atoms with Crippen molar-refractivity contribution in [2.24, 2.45) is 0 Å². The molecule has 0 saturated carbocycles. The van der Waals surface area contributed by atoms with Gasteiger partial charge in [0.2, 0.25) is 5.13 Å². The zero-order chi connectivity index (χ0) is 17.5. The summed E-state index contributed by atoms with van der Waals surface area (Å²) in [6, 6.07) is 14.2. The molecule has 0 spiro atoms. The fraction of sp³-hybridized carbons (Fsp3) is 0.0526. The molecule has 26 heavy (non-hydrogen) atoms. The van der Waals surface area contributed by atoms with Gasteiger partial charge in [0.1, 0.15) is 5.01 Å². The smallest absolute Gasteiger partial charge is 0.203 e. The Morgan fingerprint density at radius 1 is 1.08 bits per heavy atom. The van der Waals surface area contributed by atoms with Crippen molar-refractivity contribution in [2.45, 2.75) is 6.42 Å². The van der Waals surface area contributed by atoms with Crippen molar-refractivity contribution in [3.8, 4) is 16.4 Å². The first-order valence-corrected chi connectivity index (χ1v) is 9.00. The van der Waals surface area contributed by atoms with E-state index in [9.17, 15) is 0 Å². The Labute approximate surface area is 153 Å². The Balaban J connectivity index is 1.57. The number of nitrogens with zero attached hydrogens (tertiary/aromatic N) is 5. The van der Waals surface area contributed by atoms with Gasteiger partial charge >= 0.3 is 0 Å². The van der Waals surface area contributed by atoms with Gasteiger partial charge in [0.25, 0.3) is 0 Å². The van der Waals surface area contributed by atoms with Crippen LogP contribution in [0.3, 0.4) is 0 Å². The molecule has 5 rings (SSSR count). The average molecular weight is 358 g/mol. The van der Waals surface area contributed by atoms with E-state index >= 15 is 0 Å². The molecule has 2 N–H and O–H groups in total. The molecular formula is C19H14N6S. The van der Waals surface area contributed by atoms with Crippen LogP contribution in [0, 0.1) is 0 Å². The number of nitrogen functional groups attached to an aromatic ring is 1. The first kappa shape index (κ1) is 15.0. The predicted octanol–water partition coefficient (Wildman–Crippen LogP) is 3.36. The summed E-state index contributed by atoms with van der Waals surface area (Å²) in [5.41, 5.74) is 11.3. The van der Waals surface area contributed by atoms with Gasteiger partial charge in [-0.2, -0.15) is 5.10 Å². The first-order valence-electron chi connectivity index (χ1n) is 8.18. The summed E-state index contributed by atoms with van der Waals surface area (Å²) in [6.45, 7) is 0. The van der Waals surface area contributed by atoms with Crippen LogP contribution in [0.2, 0.25) is 0 Å². The monoisotopic (exact) mass is 358 g/mol. The number of anilines is 1. The van der Waals surface area contributed by atoms with E-state index in [0.717, 1.165) is 34.1 Å². The van der Waals surface area contributed by atoms with Gasteiger partial charge in [-0.05, 0) is 41.8 Å². The SMILES string of the molecule is Nc1nnc(-c2ccc3c(c2)C(c2cccc(-n4cccn4)n2)=CC3)s1. The fourth-order valence-corrected chi connectivity index (χ4v) is 3.77. The van der Waals surface area contributed by atoms with Crippen LogP contribution >= 0.6 is 11.3 Å². The molecule has 0 amide bonds. The molecule has 7 heteroatoms. The highest BCUT2D eigenvalue weighted by Gasteiger charge is 2.19. The fourth-order valence-electron chi connectivity index (χ4n) is 3.16. The van der Waals surface area contributed by atoms with Crippen LogP contribution in [0.15, 0.2) is 60.9 Å². The topological polar surface area (TPSA) is 82.5 Å². The molecule has 3 heterocycles. The summed E-state index contributed by atoms with van der Waals surface area (Å²) in [7, 11) is 0. The summed E-state index contributed by atoms with van der Waals surface area (Å²) >= 11 is 1.39. The number of hydrogen-bond acceptors (Lipinski definition) is 6. The summed E-state index contributed by atoms with van der Waals surface area (Å²) in [5.74, 6) is 0.801. The third kappa shape index (κ3) is 2.49. The lowest BCUT2D eigenvalue weighted by atomic mass is 10.0. The van der Waals surface area contributed by atoms with Crippen molar-refractivity contribution in [3.63, 3.8) is 0 Å².